The van der Waals surface area contributed by atoms with E-state index in [1.807, 2.05) is 0 Å². The summed E-state index contributed by atoms with van der Waals surface area (Å²) in [6, 6.07) is 14.1. The number of halogens is 3. The van der Waals surface area contributed by atoms with Crippen molar-refractivity contribution < 1.29 is 22.0 Å². The van der Waals surface area contributed by atoms with Gasteiger partial charge < -0.3 is 5.32 Å². The maximum atomic E-state index is 14.2. The average molecular weight is 530 g/mol. The number of anilines is 1. The highest BCUT2D eigenvalue weighted by molar-refractivity contribution is 7.89. The smallest absolute Gasteiger partial charge is 0.255 e. The summed E-state index contributed by atoms with van der Waals surface area (Å²) >= 11 is 6.16. The van der Waals surface area contributed by atoms with Gasteiger partial charge in [-0.3, -0.25) is 9.78 Å². The van der Waals surface area contributed by atoms with E-state index in [0.717, 1.165) is 6.07 Å². The lowest BCUT2D eigenvalue weighted by Crippen LogP contribution is -2.30. The number of fused-ring (bicyclic) bond motifs is 1. The molecule has 0 spiro atoms. The minimum Gasteiger partial charge on any atom is -0.322 e. The molecule has 4 aromatic rings. The van der Waals surface area contributed by atoms with Crippen molar-refractivity contribution in [3.63, 3.8) is 0 Å². The standard InChI is InChI=1S/C26H22ClF2N3O3S/c1-3-32(4-2)36(34,35)25-14-20(8-10-22(25)27)31-26(33)17-6-5-16-11-18(15-30-24(16)12-17)21-9-7-19(28)13-23(21)29/h5-15H,3-4H2,1-2H3,(H,31,33). The molecular weight excluding hydrogens is 508 g/mol. The van der Waals surface area contributed by atoms with Gasteiger partial charge in [0.1, 0.15) is 16.5 Å². The first-order valence-electron chi connectivity index (χ1n) is 11.1. The molecule has 0 bridgehead atoms. The molecule has 36 heavy (non-hydrogen) atoms. The third-order valence-corrected chi connectivity index (χ3v) is 8.23. The number of nitrogens with zero attached hydrogens (tertiary/aromatic N) is 2. The molecule has 0 fully saturated rings. The van der Waals surface area contributed by atoms with E-state index < -0.39 is 27.6 Å². The van der Waals surface area contributed by atoms with Crippen LogP contribution in [0.4, 0.5) is 14.5 Å². The first-order chi connectivity index (χ1) is 17.1. The summed E-state index contributed by atoms with van der Waals surface area (Å²) in [7, 11) is -3.82. The maximum Gasteiger partial charge on any atom is 0.255 e. The van der Waals surface area contributed by atoms with Gasteiger partial charge in [-0.05, 0) is 48.5 Å². The van der Waals surface area contributed by atoms with Crippen LogP contribution in [0.15, 0.2) is 71.8 Å². The van der Waals surface area contributed by atoms with Crippen molar-refractivity contribution in [2.75, 3.05) is 18.4 Å². The van der Waals surface area contributed by atoms with E-state index >= 15 is 0 Å². The Bertz CT molecular complexity index is 1570. The zero-order chi connectivity index (χ0) is 26.0. The van der Waals surface area contributed by atoms with E-state index in [0.29, 0.717) is 22.0 Å². The number of amides is 1. The van der Waals surface area contributed by atoms with Crippen molar-refractivity contribution >= 4 is 44.1 Å². The summed E-state index contributed by atoms with van der Waals surface area (Å²) in [4.78, 5) is 17.1. The second kappa shape index (κ2) is 10.3. The minimum absolute atomic E-state index is 0.0585. The molecule has 4 rings (SSSR count). The van der Waals surface area contributed by atoms with Crippen LogP contribution in [0.25, 0.3) is 22.0 Å². The molecule has 1 N–H and O–H groups in total. The molecule has 6 nitrogen and oxygen atoms in total. The zero-order valence-electron chi connectivity index (χ0n) is 19.4. The van der Waals surface area contributed by atoms with Gasteiger partial charge in [0.25, 0.3) is 5.91 Å². The molecule has 0 aliphatic heterocycles. The predicted octanol–water partition coefficient (Wildman–Crippen LogP) is 6.12. The predicted molar refractivity (Wildman–Crippen MR) is 137 cm³/mol. The molecule has 1 heterocycles. The number of carbonyl (C=O) groups excluding carboxylic acids is 1. The normalized spacial score (nSPS) is 11.7. The fourth-order valence-corrected chi connectivity index (χ4v) is 5.78. The van der Waals surface area contributed by atoms with Crippen LogP contribution in [0.2, 0.25) is 5.02 Å². The lowest BCUT2D eigenvalue weighted by molar-refractivity contribution is 0.102. The van der Waals surface area contributed by atoms with Gasteiger partial charge >= 0.3 is 0 Å². The van der Waals surface area contributed by atoms with Gasteiger partial charge in [-0.2, -0.15) is 4.31 Å². The lowest BCUT2D eigenvalue weighted by atomic mass is 10.0. The molecule has 10 heteroatoms. The van der Waals surface area contributed by atoms with Crippen LogP contribution >= 0.6 is 11.6 Å². The topological polar surface area (TPSA) is 79.4 Å². The Balaban J connectivity index is 1.60. The Morgan fingerprint density at radius 1 is 1.00 bits per heavy atom. The van der Waals surface area contributed by atoms with Gasteiger partial charge in [0.2, 0.25) is 10.0 Å². The molecule has 0 radical (unpaired) electrons. The number of sulfonamides is 1. The number of nitrogens with one attached hydrogen (secondary N) is 1. The number of aromatic nitrogens is 1. The Labute approximate surface area is 212 Å². The molecule has 0 atom stereocenters. The second-order valence-electron chi connectivity index (χ2n) is 7.94. The van der Waals surface area contributed by atoms with Gasteiger partial charge in [-0.15, -0.1) is 0 Å². The summed E-state index contributed by atoms with van der Waals surface area (Å²) in [6.07, 6.45) is 1.45. The van der Waals surface area contributed by atoms with E-state index in [2.05, 4.69) is 10.3 Å². The largest absolute Gasteiger partial charge is 0.322 e. The van der Waals surface area contributed by atoms with Crippen molar-refractivity contribution in [3.05, 3.63) is 89.1 Å². The Hall–Kier alpha value is -3.40. The number of pyridine rings is 1. The number of rotatable bonds is 7. The molecule has 0 unspecified atom stereocenters. The van der Waals surface area contributed by atoms with Gasteiger partial charge in [0.05, 0.1) is 10.5 Å². The van der Waals surface area contributed by atoms with Crippen LogP contribution in [0.1, 0.15) is 24.2 Å². The van der Waals surface area contributed by atoms with Crippen LogP contribution in [-0.2, 0) is 10.0 Å². The van der Waals surface area contributed by atoms with E-state index in [-0.39, 0.29) is 34.3 Å². The average Bonchev–Trinajstić information content (AvgIpc) is 2.85. The summed E-state index contributed by atoms with van der Waals surface area (Å²) in [5, 5.41) is 3.41. The highest BCUT2D eigenvalue weighted by atomic mass is 35.5. The fourth-order valence-electron chi connectivity index (χ4n) is 3.82. The molecule has 1 amide bonds. The van der Waals surface area contributed by atoms with Crippen molar-refractivity contribution in [2.45, 2.75) is 18.7 Å². The zero-order valence-corrected chi connectivity index (χ0v) is 21.0. The molecule has 1 aromatic heterocycles. The molecule has 0 aliphatic carbocycles. The quantitative estimate of drug-likeness (QED) is 0.313. The van der Waals surface area contributed by atoms with Crippen molar-refractivity contribution in [1.82, 2.24) is 9.29 Å². The molecule has 0 saturated heterocycles. The van der Waals surface area contributed by atoms with Crippen LogP contribution in [0, 0.1) is 11.6 Å². The molecule has 186 valence electrons. The SMILES string of the molecule is CCN(CC)S(=O)(=O)c1cc(NC(=O)c2ccc3cc(-c4ccc(F)cc4F)cnc3c2)ccc1Cl. The van der Waals surface area contributed by atoms with Crippen molar-refractivity contribution in [2.24, 2.45) is 0 Å². The summed E-state index contributed by atoms with van der Waals surface area (Å²) < 4.78 is 54.5. The van der Waals surface area contributed by atoms with Crippen molar-refractivity contribution in [1.29, 1.82) is 0 Å². The summed E-state index contributed by atoms with van der Waals surface area (Å²) in [5.41, 5.74) is 1.74. The van der Waals surface area contributed by atoms with Crippen LogP contribution < -0.4 is 5.32 Å². The third kappa shape index (κ3) is 5.09. The van der Waals surface area contributed by atoms with Gasteiger partial charge in [0.15, 0.2) is 0 Å². The third-order valence-electron chi connectivity index (χ3n) is 5.70. The molecule has 0 aliphatic rings. The van der Waals surface area contributed by atoms with Crippen molar-refractivity contribution in [3.8, 4) is 11.1 Å². The van der Waals surface area contributed by atoms with Gasteiger partial charge in [-0.1, -0.05) is 31.5 Å². The van der Waals surface area contributed by atoms with Crippen LogP contribution in [-0.4, -0.2) is 36.7 Å². The molecular formula is C26H22ClF2N3O3S. The van der Waals surface area contributed by atoms with E-state index in [1.54, 1.807) is 38.1 Å². The highest BCUT2D eigenvalue weighted by Crippen LogP contribution is 2.29. The van der Waals surface area contributed by atoms with E-state index in [9.17, 15) is 22.0 Å². The number of hydrogen-bond donors (Lipinski definition) is 1. The Morgan fingerprint density at radius 2 is 1.75 bits per heavy atom. The minimum atomic E-state index is -3.82. The maximum absolute atomic E-state index is 14.2. The first-order valence-corrected chi connectivity index (χ1v) is 12.9. The summed E-state index contributed by atoms with van der Waals surface area (Å²) in [6.45, 7) is 4.03. The van der Waals surface area contributed by atoms with Crippen LogP contribution in [0.5, 0.6) is 0 Å². The Kier molecular flexibility index (Phi) is 7.35. The molecule has 0 saturated carbocycles. The highest BCUT2D eigenvalue weighted by Gasteiger charge is 2.25. The van der Waals surface area contributed by atoms with E-state index in [4.69, 9.17) is 11.6 Å². The number of carbonyl (C=O) groups is 1. The molecule has 3 aromatic carbocycles. The fraction of sp³-hybridized carbons (Fsp3) is 0.154. The van der Waals surface area contributed by atoms with E-state index in [1.165, 1.54) is 40.8 Å². The number of hydrogen-bond acceptors (Lipinski definition) is 4. The number of benzene rings is 3. The van der Waals surface area contributed by atoms with Gasteiger partial charge in [-0.25, -0.2) is 17.2 Å². The monoisotopic (exact) mass is 529 g/mol. The summed E-state index contributed by atoms with van der Waals surface area (Å²) in [5.74, 6) is -1.84. The second-order valence-corrected chi connectivity index (χ2v) is 10.3. The lowest BCUT2D eigenvalue weighted by Gasteiger charge is -2.19. The first kappa shape index (κ1) is 25.7. The van der Waals surface area contributed by atoms with Crippen LogP contribution in [0.3, 0.4) is 0 Å². The Morgan fingerprint density at radius 3 is 2.44 bits per heavy atom. The van der Waals surface area contributed by atoms with Gasteiger partial charge in [0, 0.05) is 53.1 Å².